The maximum absolute atomic E-state index is 12.5. The molecule has 134 valence electrons. The van der Waals surface area contributed by atoms with Gasteiger partial charge < -0.3 is 15.4 Å². The molecule has 0 aliphatic carbocycles. The highest BCUT2D eigenvalue weighted by Crippen LogP contribution is 2.30. The number of urea groups is 1. The van der Waals surface area contributed by atoms with Crippen LogP contribution in [0.5, 0.6) is 0 Å². The summed E-state index contributed by atoms with van der Waals surface area (Å²) >= 11 is 0. The fraction of sp³-hybridized carbons (Fsp3) is 0.474. The van der Waals surface area contributed by atoms with Gasteiger partial charge in [0.2, 0.25) is 0 Å². The third-order valence-corrected chi connectivity index (χ3v) is 4.89. The van der Waals surface area contributed by atoms with Gasteiger partial charge in [-0.1, -0.05) is 30.7 Å². The van der Waals surface area contributed by atoms with Gasteiger partial charge in [0.25, 0.3) is 0 Å². The number of esters is 1. The average Bonchev–Trinajstić information content (AvgIpc) is 2.62. The van der Waals surface area contributed by atoms with E-state index in [1.54, 1.807) is 0 Å². The molecule has 0 bridgehead atoms. The molecule has 2 heterocycles. The molecule has 2 aliphatic heterocycles. The summed E-state index contributed by atoms with van der Waals surface area (Å²) in [6, 6.07) is 6.98. The Morgan fingerprint density at radius 2 is 1.96 bits per heavy atom. The zero-order valence-corrected chi connectivity index (χ0v) is 14.8. The normalized spacial score (nSPS) is 21.5. The summed E-state index contributed by atoms with van der Waals surface area (Å²) < 4.78 is 5.03. The van der Waals surface area contributed by atoms with E-state index in [-0.39, 0.29) is 6.03 Å². The van der Waals surface area contributed by atoms with Gasteiger partial charge in [0, 0.05) is 12.2 Å². The number of piperidine rings is 1. The number of aryl methyl sites for hydroxylation is 1. The molecule has 6 heteroatoms. The van der Waals surface area contributed by atoms with Crippen molar-refractivity contribution < 1.29 is 14.3 Å². The van der Waals surface area contributed by atoms with E-state index in [1.165, 1.54) is 13.5 Å². The first-order valence-corrected chi connectivity index (χ1v) is 8.77. The first kappa shape index (κ1) is 17.5. The van der Waals surface area contributed by atoms with Gasteiger partial charge in [0.1, 0.15) is 0 Å². The van der Waals surface area contributed by atoms with Crippen molar-refractivity contribution in [3.05, 3.63) is 46.7 Å². The van der Waals surface area contributed by atoms with E-state index in [9.17, 15) is 9.59 Å². The lowest BCUT2D eigenvalue weighted by atomic mass is 9.92. The van der Waals surface area contributed by atoms with E-state index in [0.717, 1.165) is 37.1 Å². The number of nitrogens with one attached hydrogen (secondary N) is 2. The molecule has 0 radical (unpaired) electrons. The quantitative estimate of drug-likeness (QED) is 0.823. The van der Waals surface area contributed by atoms with Gasteiger partial charge in [-0.25, -0.2) is 9.59 Å². The minimum Gasteiger partial charge on any atom is -0.466 e. The van der Waals surface area contributed by atoms with Gasteiger partial charge >= 0.3 is 12.0 Å². The molecule has 0 unspecified atom stereocenters. The molecule has 2 aliphatic rings. The molecule has 3 rings (SSSR count). The number of amides is 2. The number of likely N-dealkylation sites (tertiary alicyclic amines) is 1. The van der Waals surface area contributed by atoms with E-state index in [0.29, 0.717) is 17.8 Å². The first-order valence-electron chi connectivity index (χ1n) is 8.77. The van der Waals surface area contributed by atoms with E-state index in [1.807, 2.05) is 31.2 Å². The molecule has 1 fully saturated rings. The summed E-state index contributed by atoms with van der Waals surface area (Å²) in [4.78, 5) is 27.1. The van der Waals surface area contributed by atoms with Gasteiger partial charge in [0.15, 0.2) is 0 Å². The zero-order chi connectivity index (χ0) is 17.8. The van der Waals surface area contributed by atoms with Gasteiger partial charge in [-0.2, -0.15) is 0 Å². The predicted octanol–water partition coefficient (Wildman–Crippen LogP) is 2.26. The minimum atomic E-state index is -0.498. The number of methoxy groups -OCH3 is 1. The van der Waals surface area contributed by atoms with Crippen LogP contribution >= 0.6 is 0 Å². The number of carbonyl (C=O) groups is 2. The molecule has 1 saturated heterocycles. The van der Waals surface area contributed by atoms with Gasteiger partial charge in [0.05, 0.1) is 18.7 Å². The Kier molecular flexibility index (Phi) is 5.38. The number of carbonyl (C=O) groups excluding carboxylic acids is 2. The first-order chi connectivity index (χ1) is 12.1. The van der Waals surface area contributed by atoms with Crippen LogP contribution < -0.4 is 10.6 Å². The summed E-state index contributed by atoms with van der Waals surface area (Å²) in [7, 11) is 1.37. The molecule has 25 heavy (non-hydrogen) atoms. The molecular formula is C19H25N3O3. The number of hydrogen-bond donors (Lipinski definition) is 2. The molecule has 1 aromatic carbocycles. The van der Waals surface area contributed by atoms with E-state index >= 15 is 0 Å². The van der Waals surface area contributed by atoms with Crippen LogP contribution in [0.15, 0.2) is 35.5 Å². The lowest BCUT2D eigenvalue weighted by Crippen LogP contribution is -2.49. The van der Waals surface area contributed by atoms with Crippen molar-refractivity contribution in [3.8, 4) is 0 Å². The zero-order valence-electron chi connectivity index (χ0n) is 14.8. The smallest absolute Gasteiger partial charge is 0.338 e. The van der Waals surface area contributed by atoms with Crippen LogP contribution in [0.2, 0.25) is 0 Å². The second-order valence-corrected chi connectivity index (χ2v) is 6.61. The van der Waals surface area contributed by atoms with E-state index in [2.05, 4.69) is 15.5 Å². The molecular weight excluding hydrogens is 318 g/mol. The van der Waals surface area contributed by atoms with Crippen LogP contribution in [0.4, 0.5) is 4.79 Å². The average molecular weight is 343 g/mol. The standard InChI is InChI=1S/C19H25N3O3/c1-13-8-4-5-9-14(13)17-16(18(23)25-2)15(20-19(24)21-17)12-22-10-6-3-7-11-22/h4-5,8-9,17H,3,6-7,10-12H2,1-2H3,(H2,20,21,24)/t17-/m1/s1. The summed E-state index contributed by atoms with van der Waals surface area (Å²) in [6.45, 7) is 4.50. The highest BCUT2D eigenvalue weighted by Gasteiger charge is 2.34. The molecule has 0 spiro atoms. The highest BCUT2D eigenvalue weighted by atomic mass is 16.5. The van der Waals surface area contributed by atoms with Crippen LogP contribution in [-0.2, 0) is 9.53 Å². The van der Waals surface area contributed by atoms with Crippen molar-refractivity contribution in [2.24, 2.45) is 0 Å². The third-order valence-electron chi connectivity index (χ3n) is 4.89. The maximum Gasteiger partial charge on any atom is 0.338 e. The lowest BCUT2D eigenvalue weighted by molar-refractivity contribution is -0.136. The molecule has 1 aromatic rings. The van der Waals surface area contributed by atoms with Crippen molar-refractivity contribution in [3.63, 3.8) is 0 Å². The van der Waals surface area contributed by atoms with Crippen LogP contribution in [0, 0.1) is 6.92 Å². The number of ether oxygens (including phenoxy) is 1. The molecule has 6 nitrogen and oxygen atoms in total. The number of hydrogen-bond acceptors (Lipinski definition) is 4. The van der Waals surface area contributed by atoms with Gasteiger partial charge in [-0.3, -0.25) is 4.90 Å². The van der Waals surface area contributed by atoms with Crippen LogP contribution in [0.25, 0.3) is 0 Å². The molecule has 0 aromatic heterocycles. The van der Waals surface area contributed by atoms with Crippen molar-refractivity contribution in [1.29, 1.82) is 0 Å². The lowest BCUT2D eigenvalue weighted by Gasteiger charge is -2.33. The Morgan fingerprint density at radius 3 is 2.64 bits per heavy atom. The van der Waals surface area contributed by atoms with Crippen molar-refractivity contribution >= 4 is 12.0 Å². The van der Waals surface area contributed by atoms with Crippen molar-refractivity contribution in [2.75, 3.05) is 26.7 Å². The van der Waals surface area contributed by atoms with Crippen LogP contribution in [0.3, 0.4) is 0 Å². The van der Waals surface area contributed by atoms with Crippen LogP contribution in [-0.4, -0.2) is 43.6 Å². The molecule has 2 N–H and O–H groups in total. The second kappa shape index (κ2) is 7.70. The summed E-state index contributed by atoms with van der Waals surface area (Å²) in [6.07, 6.45) is 3.53. The van der Waals surface area contributed by atoms with Crippen molar-refractivity contribution in [2.45, 2.75) is 32.2 Å². The number of benzene rings is 1. The largest absolute Gasteiger partial charge is 0.466 e. The Balaban J connectivity index is 2.00. The van der Waals surface area contributed by atoms with Crippen molar-refractivity contribution in [1.82, 2.24) is 15.5 Å². The SMILES string of the molecule is COC(=O)C1=C(CN2CCCCC2)NC(=O)N[C@@H]1c1ccccc1C. The fourth-order valence-corrected chi connectivity index (χ4v) is 3.58. The summed E-state index contributed by atoms with van der Waals surface area (Å²) in [5, 5.41) is 5.71. The topological polar surface area (TPSA) is 70.7 Å². The predicted molar refractivity (Wildman–Crippen MR) is 94.9 cm³/mol. The van der Waals surface area contributed by atoms with Crippen LogP contribution in [0.1, 0.15) is 36.4 Å². The number of nitrogens with zero attached hydrogens (tertiary/aromatic N) is 1. The third kappa shape index (κ3) is 3.85. The Morgan fingerprint density at radius 1 is 1.24 bits per heavy atom. The second-order valence-electron chi connectivity index (χ2n) is 6.61. The maximum atomic E-state index is 12.5. The fourth-order valence-electron chi connectivity index (χ4n) is 3.58. The Labute approximate surface area is 148 Å². The molecule has 1 atom stereocenters. The minimum absolute atomic E-state index is 0.284. The Bertz CT molecular complexity index is 693. The summed E-state index contributed by atoms with van der Waals surface area (Å²) in [5.74, 6) is -0.409. The van der Waals surface area contributed by atoms with Gasteiger partial charge in [-0.05, 0) is 44.0 Å². The van der Waals surface area contributed by atoms with E-state index < -0.39 is 12.0 Å². The highest BCUT2D eigenvalue weighted by molar-refractivity contribution is 5.95. The monoisotopic (exact) mass is 343 g/mol. The van der Waals surface area contributed by atoms with Gasteiger partial charge in [-0.15, -0.1) is 0 Å². The summed E-state index contributed by atoms with van der Waals surface area (Å²) in [5.41, 5.74) is 3.06. The van der Waals surface area contributed by atoms with E-state index in [4.69, 9.17) is 4.74 Å². The molecule has 0 saturated carbocycles. The molecule has 2 amide bonds. The number of rotatable bonds is 4. The Hall–Kier alpha value is -2.34.